The van der Waals surface area contributed by atoms with Gasteiger partial charge in [-0.05, 0) is 58.2 Å². The molecule has 9 nitrogen and oxygen atoms in total. The largest absolute Gasteiger partial charge is 0.503 e. The molecule has 10 heteroatoms. The number of hydrogen-bond donors (Lipinski definition) is 1. The second-order valence-electron chi connectivity index (χ2n) is 7.73. The SMILES string of the molecule is CCOc1cc(C2C(C(=O)OC)=CN(Cc3ccc(OC)c(OC)c3)C=C2C(=O)OC)cc(Br)c1O. The lowest BCUT2D eigenvalue weighted by Crippen LogP contribution is -2.28. The lowest BCUT2D eigenvalue weighted by atomic mass is 9.83. The summed E-state index contributed by atoms with van der Waals surface area (Å²) in [5.41, 5.74) is 1.79. The third kappa shape index (κ3) is 5.59. The Kier molecular flexibility index (Phi) is 8.87. The number of hydrogen-bond acceptors (Lipinski definition) is 9. The van der Waals surface area contributed by atoms with E-state index >= 15 is 0 Å². The summed E-state index contributed by atoms with van der Waals surface area (Å²) in [5, 5.41) is 10.4. The third-order valence-corrected chi connectivity index (χ3v) is 6.18. The number of phenols is 1. The van der Waals surface area contributed by atoms with Gasteiger partial charge in [0.2, 0.25) is 0 Å². The highest BCUT2D eigenvalue weighted by Gasteiger charge is 2.36. The van der Waals surface area contributed by atoms with E-state index in [1.54, 1.807) is 56.6 Å². The first-order valence-electron chi connectivity index (χ1n) is 11.0. The van der Waals surface area contributed by atoms with E-state index in [0.29, 0.717) is 34.7 Å². The number of nitrogens with zero attached hydrogens (tertiary/aromatic N) is 1. The molecule has 1 aliphatic rings. The Morgan fingerprint density at radius 1 is 0.917 bits per heavy atom. The number of carbonyl (C=O) groups is 2. The van der Waals surface area contributed by atoms with Crippen molar-refractivity contribution < 1.29 is 38.4 Å². The van der Waals surface area contributed by atoms with Crippen LogP contribution in [0.5, 0.6) is 23.0 Å². The minimum Gasteiger partial charge on any atom is -0.503 e. The number of rotatable bonds is 9. The van der Waals surface area contributed by atoms with Crippen molar-refractivity contribution >= 4 is 27.9 Å². The molecule has 0 atom stereocenters. The van der Waals surface area contributed by atoms with Gasteiger partial charge < -0.3 is 33.7 Å². The number of halogens is 1. The highest BCUT2D eigenvalue weighted by Crippen LogP contribution is 2.43. The molecule has 2 aromatic rings. The van der Waals surface area contributed by atoms with Gasteiger partial charge in [0.25, 0.3) is 0 Å². The molecule has 0 fully saturated rings. The lowest BCUT2D eigenvalue weighted by Gasteiger charge is -2.30. The van der Waals surface area contributed by atoms with Crippen molar-refractivity contribution in [1.29, 1.82) is 0 Å². The Labute approximate surface area is 218 Å². The summed E-state index contributed by atoms with van der Waals surface area (Å²) in [5.74, 6) is -0.802. The fourth-order valence-corrected chi connectivity index (χ4v) is 4.41. The summed E-state index contributed by atoms with van der Waals surface area (Å²) in [6.07, 6.45) is 3.25. The van der Waals surface area contributed by atoms with Crippen molar-refractivity contribution in [3.05, 3.63) is 69.5 Å². The third-order valence-electron chi connectivity index (χ3n) is 5.57. The van der Waals surface area contributed by atoms with Crippen molar-refractivity contribution in [1.82, 2.24) is 4.90 Å². The summed E-state index contributed by atoms with van der Waals surface area (Å²) in [7, 11) is 5.64. The predicted molar refractivity (Wildman–Crippen MR) is 135 cm³/mol. The van der Waals surface area contributed by atoms with Gasteiger partial charge in [0, 0.05) is 18.9 Å². The van der Waals surface area contributed by atoms with Crippen LogP contribution in [0.25, 0.3) is 0 Å². The Hall–Kier alpha value is -3.66. The fourth-order valence-electron chi connectivity index (χ4n) is 3.95. The fraction of sp³-hybridized carbons (Fsp3) is 0.308. The number of methoxy groups -OCH3 is 4. The molecular formula is C26H28BrNO8. The second kappa shape index (κ2) is 11.9. The van der Waals surface area contributed by atoms with Crippen molar-refractivity contribution in [2.75, 3.05) is 35.0 Å². The van der Waals surface area contributed by atoms with Gasteiger partial charge in [0.05, 0.1) is 56.6 Å². The lowest BCUT2D eigenvalue weighted by molar-refractivity contribution is -0.137. The van der Waals surface area contributed by atoms with E-state index in [9.17, 15) is 14.7 Å². The minimum atomic E-state index is -0.831. The van der Waals surface area contributed by atoms with E-state index < -0.39 is 17.9 Å². The Morgan fingerprint density at radius 2 is 1.53 bits per heavy atom. The number of esters is 2. The minimum absolute atomic E-state index is 0.0846. The van der Waals surface area contributed by atoms with Crippen LogP contribution in [0, 0.1) is 0 Å². The molecule has 0 aliphatic carbocycles. The van der Waals surface area contributed by atoms with Gasteiger partial charge in [-0.15, -0.1) is 0 Å². The van der Waals surface area contributed by atoms with Gasteiger partial charge in [0.15, 0.2) is 23.0 Å². The van der Waals surface area contributed by atoms with Gasteiger partial charge in [-0.2, -0.15) is 0 Å². The molecule has 36 heavy (non-hydrogen) atoms. The van der Waals surface area contributed by atoms with Gasteiger partial charge in [0.1, 0.15) is 0 Å². The monoisotopic (exact) mass is 561 g/mol. The number of ether oxygens (including phenoxy) is 5. The van der Waals surface area contributed by atoms with Crippen molar-refractivity contribution in [2.45, 2.75) is 19.4 Å². The Bertz CT molecular complexity index is 1170. The molecule has 1 heterocycles. The summed E-state index contributed by atoms with van der Waals surface area (Å²) in [6, 6.07) is 8.66. The van der Waals surface area contributed by atoms with Crippen molar-refractivity contribution in [3.8, 4) is 23.0 Å². The second-order valence-corrected chi connectivity index (χ2v) is 8.58. The zero-order valence-corrected chi connectivity index (χ0v) is 22.2. The molecule has 1 N–H and O–H groups in total. The van der Waals surface area contributed by atoms with Gasteiger partial charge >= 0.3 is 11.9 Å². The standard InChI is InChI=1S/C26H28BrNO8/c1-6-36-22-11-16(10-19(27)24(22)29)23-17(25(30)34-4)13-28(14-18(23)26(31)35-5)12-15-7-8-20(32-2)21(9-15)33-3/h7-11,13-14,23,29H,6,12H2,1-5H3. The molecule has 0 spiro atoms. The number of carbonyl (C=O) groups excluding carboxylic acids is 2. The van der Waals surface area contributed by atoms with Gasteiger partial charge in [-0.25, -0.2) is 9.59 Å². The highest BCUT2D eigenvalue weighted by molar-refractivity contribution is 9.10. The normalized spacial score (nSPS) is 13.4. The van der Waals surface area contributed by atoms with Gasteiger partial charge in [-0.3, -0.25) is 0 Å². The molecule has 2 aromatic carbocycles. The molecule has 1 aliphatic heterocycles. The van der Waals surface area contributed by atoms with Crippen LogP contribution in [0.3, 0.4) is 0 Å². The number of phenolic OH excluding ortho intramolecular Hbond substituents is 1. The first-order valence-corrected chi connectivity index (χ1v) is 11.8. The molecule has 0 saturated heterocycles. The Morgan fingerprint density at radius 3 is 2.06 bits per heavy atom. The van der Waals surface area contributed by atoms with E-state index in [2.05, 4.69) is 15.9 Å². The maximum Gasteiger partial charge on any atom is 0.336 e. The number of aromatic hydroxyl groups is 1. The van der Waals surface area contributed by atoms with Gasteiger partial charge in [-0.1, -0.05) is 6.07 Å². The zero-order chi connectivity index (χ0) is 26.4. The maximum absolute atomic E-state index is 12.9. The molecular weight excluding hydrogens is 534 g/mol. The first kappa shape index (κ1) is 26.9. The van der Waals surface area contributed by atoms with E-state index in [1.807, 2.05) is 12.1 Å². The molecule has 0 unspecified atom stereocenters. The zero-order valence-electron chi connectivity index (χ0n) is 20.7. The van der Waals surface area contributed by atoms with Crippen LogP contribution in [0.2, 0.25) is 0 Å². The summed E-state index contributed by atoms with van der Waals surface area (Å²) in [4.78, 5) is 27.6. The van der Waals surface area contributed by atoms with Crippen LogP contribution in [-0.2, 0) is 25.6 Å². The quantitative estimate of drug-likeness (QED) is 0.449. The first-order chi connectivity index (χ1) is 17.3. The summed E-state index contributed by atoms with van der Waals surface area (Å²) < 4.78 is 26.7. The molecule has 0 radical (unpaired) electrons. The predicted octanol–water partition coefficient (Wildman–Crippen LogP) is 4.28. The topological polar surface area (TPSA) is 104 Å². The van der Waals surface area contributed by atoms with E-state index in [-0.39, 0.29) is 22.6 Å². The average molecular weight is 562 g/mol. The van der Waals surface area contributed by atoms with E-state index in [0.717, 1.165) is 5.56 Å². The average Bonchev–Trinajstić information content (AvgIpc) is 2.89. The van der Waals surface area contributed by atoms with E-state index in [1.165, 1.54) is 14.2 Å². The van der Waals surface area contributed by atoms with Crippen LogP contribution in [-0.4, -0.2) is 57.0 Å². The summed E-state index contributed by atoms with van der Waals surface area (Å²) in [6.45, 7) is 2.41. The highest BCUT2D eigenvalue weighted by atomic mass is 79.9. The van der Waals surface area contributed by atoms with Crippen LogP contribution < -0.4 is 14.2 Å². The molecule has 192 valence electrons. The van der Waals surface area contributed by atoms with Crippen LogP contribution >= 0.6 is 15.9 Å². The number of benzene rings is 2. The molecule has 0 bridgehead atoms. The van der Waals surface area contributed by atoms with E-state index in [4.69, 9.17) is 23.7 Å². The van der Waals surface area contributed by atoms with Crippen LogP contribution in [0.1, 0.15) is 24.0 Å². The molecule has 0 saturated carbocycles. The molecule has 3 rings (SSSR count). The van der Waals surface area contributed by atoms with Crippen LogP contribution in [0.4, 0.5) is 0 Å². The molecule has 0 amide bonds. The van der Waals surface area contributed by atoms with Crippen LogP contribution in [0.15, 0.2) is 58.4 Å². The van der Waals surface area contributed by atoms with Crippen molar-refractivity contribution in [3.63, 3.8) is 0 Å². The van der Waals surface area contributed by atoms with Crippen molar-refractivity contribution in [2.24, 2.45) is 0 Å². The smallest absolute Gasteiger partial charge is 0.336 e. The summed E-state index contributed by atoms with van der Waals surface area (Å²) >= 11 is 3.33. The molecule has 0 aromatic heterocycles. The maximum atomic E-state index is 12.9. The Balaban J connectivity index is 2.12.